The Balaban J connectivity index is 1.75. The van der Waals surface area contributed by atoms with Crippen LogP contribution < -0.4 is 10.6 Å². The van der Waals surface area contributed by atoms with Gasteiger partial charge in [0.2, 0.25) is 0 Å². The molecule has 3 rings (SSSR count). The smallest absolute Gasteiger partial charge is 0.276 e. The molecule has 0 spiro atoms. The number of amides is 2. The van der Waals surface area contributed by atoms with Crippen molar-refractivity contribution in [2.75, 3.05) is 10.6 Å². The lowest BCUT2D eigenvalue weighted by Crippen LogP contribution is -2.16. The third kappa shape index (κ3) is 4.00. The predicted molar refractivity (Wildman–Crippen MR) is 91.8 cm³/mol. The van der Waals surface area contributed by atoms with Crippen LogP contribution in [0.3, 0.4) is 0 Å². The molecule has 0 saturated heterocycles. The zero-order valence-electron chi connectivity index (χ0n) is 14.3. The first-order valence-electron chi connectivity index (χ1n) is 7.81. The van der Waals surface area contributed by atoms with E-state index in [0.29, 0.717) is 0 Å². The van der Waals surface area contributed by atoms with Gasteiger partial charge in [-0.05, 0) is 24.3 Å². The Hall–Kier alpha value is -3.69. The standard InChI is InChI=1S/C18H12F4N4O2/c1-26-16(18(28)24-10-3-5-12(20)14(22)7-10)8-15(25-26)17(27)23-9-2-4-11(19)13(21)6-9/h2-8H,1H3,(H,23,27)(H,24,28). The van der Waals surface area contributed by atoms with Gasteiger partial charge in [-0.15, -0.1) is 0 Å². The van der Waals surface area contributed by atoms with Crippen LogP contribution in [-0.2, 0) is 7.05 Å². The van der Waals surface area contributed by atoms with Crippen molar-refractivity contribution in [3.63, 3.8) is 0 Å². The highest BCUT2D eigenvalue weighted by atomic mass is 19.2. The number of hydrogen-bond donors (Lipinski definition) is 2. The van der Waals surface area contributed by atoms with E-state index in [-0.39, 0.29) is 22.8 Å². The topological polar surface area (TPSA) is 76.0 Å². The van der Waals surface area contributed by atoms with E-state index in [2.05, 4.69) is 15.7 Å². The molecule has 10 heteroatoms. The van der Waals surface area contributed by atoms with Crippen LogP contribution in [0, 0.1) is 23.3 Å². The first-order valence-corrected chi connectivity index (χ1v) is 7.81. The zero-order valence-corrected chi connectivity index (χ0v) is 14.3. The van der Waals surface area contributed by atoms with Crippen LogP contribution in [0.5, 0.6) is 0 Å². The number of anilines is 2. The van der Waals surface area contributed by atoms with Gasteiger partial charge in [-0.3, -0.25) is 14.3 Å². The van der Waals surface area contributed by atoms with Crippen LogP contribution >= 0.6 is 0 Å². The minimum atomic E-state index is -1.13. The Morgan fingerprint density at radius 2 is 1.29 bits per heavy atom. The molecule has 0 aliphatic carbocycles. The molecule has 1 aromatic heterocycles. The van der Waals surface area contributed by atoms with Gasteiger partial charge < -0.3 is 10.6 Å². The second kappa shape index (κ2) is 7.51. The Kier molecular flexibility index (Phi) is 5.12. The quantitative estimate of drug-likeness (QED) is 0.668. The fourth-order valence-corrected chi connectivity index (χ4v) is 2.33. The molecule has 0 radical (unpaired) electrons. The molecule has 2 N–H and O–H groups in total. The fraction of sp³-hybridized carbons (Fsp3) is 0.0556. The minimum Gasteiger partial charge on any atom is -0.321 e. The maximum atomic E-state index is 13.2. The van der Waals surface area contributed by atoms with E-state index in [9.17, 15) is 27.2 Å². The second-order valence-electron chi connectivity index (χ2n) is 5.70. The molecule has 28 heavy (non-hydrogen) atoms. The molecule has 3 aromatic rings. The average Bonchev–Trinajstić information content (AvgIpc) is 3.03. The molecular formula is C18H12F4N4O2. The van der Waals surface area contributed by atoms with E-state index in [1.54, 1.807) is 0 Å². The summed E-state index contributed by atoms with van der Waals surface area (Å²) in [5.41, 5.74) is -0.192. The van der Waals surface area contributed by atoms with Crippen LogP contribution in [0.1, 0.15) is 21.0 Å². The normalized spacial score (nSPS) is 10.6. The number of aryl methyl sites for hydroxylation is 1. The molecule has 0 fully saturated rings. The zero-order chi connectivity index (χ0) is 20.4. The maximum absolute atomic E-state index is 13.2. The summed E-state index contributed by atoms with van der Waals surface area (Å²) in [6.07, 6.45) is 0. The van der Waals surface area contributed by atoms with Gasteiger partial charge in [-0.25, -0.2) is 17.6 Å². The van der Waals surface area contributed by atoms with Crippen molar-refractivity contribution in [2.24, 2.45) is 7.05 Å². The predicted octanol–water partition coefficient (Wildman–Crippen LogP) is 3.48. The maximum Gasteiger partial charge on any atom is 0.276 e. The van der Waals surface area contributed by atoms with Gasteiger partial charge in [0.05, 0.1) is 0 Å². The number of benzene rings is 2. The summed E-state index contributed by atoms with van der Waals surface area (Å²) >= 11 is 0. The lowest BCUT2D eigenvalue weighted by Gasteiger charge is -2.05. The molecule has 0 bridgehead atoms. The summed E-state index contributed by atoms with van der Waals surface area (Å²) in [5.74, 6) is -5.86. The number of nitrogens with zero attached hydrogens (tertiary/aromatic N) is 2. The molecule has 1 heterocycles. The van der Waals surface area contributed by atoms with Crippen molar-refractivity contribution in [1.29, 1.82) is 0 Å². The molecule has 0 aliphatic heterocycles. The van der Waals surface area contributed by atoms with E-state index in [4.69, 9.17) is 0 Å². The Labute approximate surface area is 155 Å². The minimum absolute atomic E-state index is 0.00217. The summed E-state index contributed by atoms with van der Waals surface area (Å²) in [7, 11) is 1.40. The SMILES string of the molecule is Cn1nc(C(=O)Nc2ccc(F)c(F)c2)cc1C(=O)Nc1ccc(F)c(F)c1. The van der Waals surface area contributed by atoms with E-state index >= 15 is 0 Å². The van der Waals surface area contributed by atoms with Crippen LogP contribution in [0.2, 0.25) is 0 Å². The van der Waals surface area contributed by atoms with Crippen molar-refractivity contribution in [2.45, 2.75) is 0 Å². The van der Waals surface area contributed by atoms with Gasteiger partial charge in [0.15, 0.2) is 29.0 Å². The van der Waals surface area contributed by atoms with Crippen LogP contribution in [-0.4, -0.2) is 21.6 Å². The number of rotatable bonds is 4. The van der Waals surface area contributed by atoms with Gasteiger partial charge >= 0.3 is 0 Å². The van der Waals surface area contributed by atoms with E-state index in [1.807, 2.05) is 0 Å². The molecule has 0 unspecified atom stereocenters. The molecule has 0 aliphatic rings. The molecule has 0 atom stereocenters. The number of halogens is 4. The first kappa shape index (κ1) is 19.1. The van der Waals surface area contributed by atoms with Gasteiger partial charge in [-0.2, -0.15) is 5.10 Å². The lowest BCUT2D eigenvalue weighted by atomic mass is 10.2. The highest BCUT2D eigenvalue weighted by Gasteiger charge is 2.19. The first-order chi connectivity index (χ1) is 13.2. The van der Waals surface area contributed by atoms with E-state index in [1.165, 1.54) is 13.1 Å². The third-order valence-electron chi connectivity index (χ3n) is 3.70. The second-order valence-corrected chi connectivity index (χ2v) is 5.70. The van der Waals surface area contributed by atoms with Gasteiger partial charge in [0, 0.05) is 36.6 Å². The Morgan fingerprint density at radius 3 is 1.79 bits per heavy atom. The van der Waals surface area contributed by atoms with Crippen LogP contribution in [0.15, 0.2) is 42.5 Å². The lowest BCUT2D eigenvalue weighted by molar-refractivity contribution is 0.101. The molecule has 2 aromatic carbocycles. The van der Waals surface area contributed by atoms with Gasteiger partial charge in [0.1, 0.15) is 5.69 Å². The summed E-state index contributed by atoms with van der Waals surface area (Å²) in [6, 6.07) is 6.80. The number of carbonyl (C=O) groups is 2. The van der Waals surface area contributed by atoms with Crippen molar-refractivity contribution in [3.05, 3.63) is 77.1 Å². The van der Waals surface area contributed by atoms with Crippen LogP contribution in [0.25, 0.3) is 0 Å². The van der Waals surface area contributed by atoms with E-state index < -0.39 is 35.1 Å². The largest absolute Gasteiger partial charge is 0.321 e. The monoisotopic (exact) mass is 392 g/mol. The molecule has 6 nitrogen and oxygen atoms in total. The summed E-state index contributed by atoms with van der Waals surface area (Å²) in [4.78, 5) is 24.5. The molecule has 144 valence electrons. The van der Waals surface area contributed by atoms with Crippen molar-refractivity contribution >= 4 is 23.2 Å². The third-order valence-corrected chi connectivity index (χ3v) is 3.70. The Morgan fingerprint density at radius 1 is 0.786 bits per heavy atom. The molecular weight excluding hydrogens is 380 g/mol. The van der Waals surface area contributed by atoms with Gasteiger partial charge in [0.25, 0.3) is 11.8 Å². The van der Waals surface area contributed by atoms with Crippen LogP contribution in [0.4, 0.5) is 28.9 Å². The Bertz CT molecular complexity index is 1080. The summed E-state index contributed by atoms with van der Waals surface area (Å²) in [5, 5.41) is 8.56. The average molecular weight is 392 g/mol. The highest BCUT2D eigenvalue weighted by Crippen LogP contribution is 2.16. The van der Waals surface area contributed by atoms with Crippen molar-refractivity contribution < 1.29 is 27.2 Å². The van der Waals surface area contributed by atoms with Crippen molar-refractivity contribution in [3.8, 4) is 0 Å². The highest BCUT2D eigenvalue weighted by molar-refractivity contribution is 6.07. The van der Waals surface area contributed by atoms with E-state index in [0.717, 1.165) is 41.1 Å². The van der Waals surface area contributed by atoms with Gasteiger partial charge in [-0.1, -0.05) is 0 Å². The summed E-state index contributed by atoms with van der Waals surface area (Å²) in [6.45, 7) is 0. The summed E-state index contributed by atoms with van der Waals surface area (Å²) < 4.78 is 53.4. The number of aromatic nitrogens is 2. The molecule has 0 saturated carbocycles. The number of nitrogens with one attached hydrogen (secondary N) is 2. The molecule has 2 amide bonds. The number of carbonyl (C=O) groups excluding carboxylic acids is 2. The number of hydrogen-bond acceptors (Lipinski definition) is 3. The van der Waals surface area contributed by atoms with Crippen molar-refractivity contribution in [1.82, 2.24) is 9.78 Å². The fourth-order valence-electron chi connectivity index (χ4n) is 2.33.